The van der Waals surface area contributed by atoms with E-state index in [1.807, 2.05) is 6.92 Å². The van der Waals surface area contributed by atoms with Gasteiger partial charge < -0.3 is 4.90 Å². The molecule has 2 aromatic heterocycles. The second kappa shape index (κ2) is 5.96. The van der Waals surface area contributed by atoms with Gasteiger partial charge >= 0.3 is 0 Å². The first kappa shape index (κ1) is 15.4. The summed E-state index contributed by atoms with van der Waals surface area (Å²) in [6, 6.07) is 6.17. The number of nitrogens with zero attached hydrogens (tertiary/aromatic N) is 3. The summed E-state index contributed by atoms with van der Waals surface area (Å²) in [6.07, 6.45) is 1.46. The fourth-order valence-corrected chi connectivity index (χ4v) is 2.57. The average molecular weight is 333 g/mol. The standard InChI is InChI=1S/C16H14ClFN4O/c1-9-11-6-10(7-19-15(11)21-20-9)16(23)22(2)8-12-13(17)4-3-5-14(12)18/h3-7H,8H2,1-2H3,(H,19,20,21). The molecule has 5 nitrogen and oxygen atoms in total. The maximum absolute atomic E-state index is 13.8. The lowest BCUT2D eigenvalue weighted by Crippen LogP contribution is -2.27. The number of hydrogen-bond acceptors (Lipinski definition) is 3. The molecule has 0 spiro atoms. The van der Waals surface area contributed by atoms with Crippen molar-refractivity contribution in [3.8, 4) is 0 Å². The molecule has 0 aliphatic heterocycles. The van der Waals surface area contributed by atoms with Gasteiger partial charge in [-0.25, -0.2) is 9.37 Å². The number of halogens is 2. The van der Waals surface area contributed by atoms with E-state index in [0.29, 0.717) is 21.8 Å². The SMILES string of the molecule is Cc1[nH]nc2ncc(C(=O)N(C)Cc3c(F)cccc3Cl)cc12. The van der Waals surface area contributed by atoms with E-state index in [9.17, 15) is 9.18 Å². The van der Waals surface area contributed by atoms with Gasteiger partial charge in [-0.2, -0.15) is 5.10 Å². The Morgan fingerprint density at radius 2 is 2.22 bits per heavy atom. The summed E-state index contributed by atoms with van der Waals surface area (Å²) in [5.74, 6) is -0.698. The molecule has 7 heteroatoms. The topological polar surface area (TPSA) is 61.9 Å². The summed E-state index contributed by atoms with van der Waals surface area (Å²) in [5.41, 5.74) is 2.09. The summed E-state index contributed by atoms with van der Waals surface area (Å²) in [7, 11) is 1.59. The smallest absolute Gasteiger partial charge is 0.255 e. The van der Waals surface area contributed by atoms with Gasteiger partial charge in [0.25, 0.3) is 5.91 Å². The number of aromatic amines is 1. The van der Waals surface area contributed by atoms with Gasteiger partial charge in [-0.1, -0.05) is 17.7 Å². The Hall–Kier alpha value is -2.47. The predicted octanol–water partition coefficient (Wildman–Crippen LogP) is 3.33. The van der Waals surface area contributed by atoms with Crippen LogP contribution in [0.4, 0.5) is 4.39 Å². The van der Waals surface area contributed by atoms with Gasteiger partial charge in [0.1, 0.15) is 5.82 Å². The Bertz CT molecular complexity index is 873. The third kappa shape index (κ3) is 2.90. The van der Waals surface area contributed by atoms with E-state index < -0.39 is 5.82 Å². The van der Waals surface area contributed by atoms with Crippen molar-refractivity contribution in [2.75, 3.05) is 7.05 Å². The van der Waals surface area contributed by atoms with Crippen LogP contribution >= 0.6 is 11.6 Å². The zero-order valence-electron chi connectivity index (χ0n) is 12.6. The molecule has 1 amide bonds. The Morgan fingerprint density at radius 1 is 1.43 bits per heavy atom. The average Bonchev–Trinajstić information content (AvgIpc) is 2.91. The van der Waals surface area contributed by atoms with E-state index in [0.717, 1.165) is 11.1 Å². The summed E-state index contributed by atoms with van der Waals surface area (Å²) in [6.45, 7) is 1.93. The summed E-state index contributed by atoms with van der Waals surface area (Å²) in [5, 5.41) is 7.93. The van der Waals surface area contributed by atoms with Crippen molar-refractivity contribution in [3.63, 3.8) is 0 Å². The highest BCUT2D eigenvalue weighted by atomic mass is 35.5. The molecule has 23 heavy (non-hydrogen) atoms. The Morgan fingerprint density at radius 3 is 2.96 bits per heavy atom. The van der Waals surface area contributed by atoms with Crippen LogP contribution in [0.25, 0.3) is 11.0 Å². The molecule has 0 aliphatic carbocycles. The van der Waals surface area contributed by atoms with Crippen molar-refractivity contribution in [1.82, 2.24) is 20.1 Å². The first-order valence-electron chi connectivity index (χ1n) is 6.96. The van der Waals surface area contributed by atoms with Crippen molar-refractivity contribution >= 4 is 28.5 Å². The highest BCUT2D eigenvalue weighted by Crippen LogP contribution is 2.21. The van der Waals surface area contributed by atoms with E-state index in [4.69, 9.17) is 11.6 Å². The summed E-state index contributed by atoms with van der Waals surface area (Å²) < 4.78 is 13.8. The highest BCUT2D eigenvalue weighted by Gasteiger charge is 2.17. The molecule has 0 radical (unpaired) electrons. The molecule has 0 fully saturated rings. The summed E-state index contributed by atoms with van der Waals surface area (Å²) in [4.78, 5) is 18.1. The molecule has 0 saturated carbocycles. The van der Waals surface area contributed by atoms with E-state index >= 15 is 0 Å². The number of hydrogen-bond donors (Lipinski definition) is 1. The van der Waals surface area contributed by atoms with E-state index in [-0.39, 0.29) is 12.5 Å². The summed E-state index contributed by atoms with van der Waals surface area (Å²) >= 11 is 6.01. The number of fused-ring (bicyclic) bond motifs is 1. The van der Waals surface area contributed by atoms with Gasteiger partial charge in [-0.15, -0.1) is 0 Å². The number of benzene rings is 1. The molecule has 118 valence electrons. The van der Waals surface area contributed by atoms with Crippen molar-refractivity contribution < 1.29 is 9.18 Å². The maximum Gasteiger partial charge on any atom is 0.255 e. The minimum Gasteiger partial charge on any atom is -0.337 e. The number of aromatic nitrogens is 3. The molecule has 0 atom stereocenters. The van der Waals surface area contributed by atoms with Crippen molar-refractivity contribution in [3.05, 3.63) is 58.1 Å². The number of pyridine rings is 1. The fraction of sp³-hybridized carbons (Fsp3) is 0.188. The van der Waals surface area contributed by atoms with Crippen LogP contribution in [0, 0.1) is 12.7 Å². The second-order valence-corrected chi connectivity index (χ2v) is 5.71. The van der Waals surface area contributed by atoms with Crippen LogP contribution in [-0.4, -0.2) is 33.0 Å². The van der Waals surface area contributed by atoms with Gasteiger partial charge in [-0.3, -0.25) is 9.89 Å². The van der Waals surface area contributed by atoms with Gasteiger partial charge in [-0.05, 0) is 25.1 Å². The van der Waals surface area contributed by atoms with Gasteiger partial charge in [0.05, 0.1) is 5.56 Å². The van der Waals surface area contributed by atoms with Crippen molar-refractivity contribution in [2.45, 2.75) is 13.5 Å². The lowest BCUT2D eigenvalue weighted by Gasteiger charge is -2.18. The van der Waals surface area contributed by atoms with Crippen LogP contribution in [-0.2, 0) is 6.54 Å². The zero-order chi connectivity index (χ0) is 16.6. The Labute approximate surface area is 137 Å². The van der Waals surface area contributed by atoms with E-state index in [1.54, 1.807) is 19.2 Å². The van der Waals surface area contributed by atoms with Crippen LogP contribution < -0.4 is 0 Å². The van der Waals surface area contributed by atoms with E-state index in [2.05, 4.69) is 15.2 Å². The van der Waals surface area contributed by atoms with Crippen molar-refractivity contribution in [1.29, 1.82) is 0 Å². The molecule has 0 saturated heterocycles. The number of rotatable bonds is 3. The number of carbonyl (C=O) groups excluding carboxylic acids is 1. The molecule has 3 aromatic rings. The molecular weight excluding hydrogens is 319 g/mol. The minimum absolute atomic E-state index is 0.0761. The number of H-pyrrole nitrogens is 1. The first-order valence-corrected chi connectivity index (χ1v) is 7.34. The van der Waals surface area contributed by atoms with Crippen LogP contribution in [0.3, 0.4) is 0 Å². The molecular formula is C16H14ClFN4O. The third-order valence-electron chi connectivity index (χ3n) is 3.65. The van der Waals surface area contributed by atoms with Crippen LogP contribution in [0.5, 0.6) is 0 Å². The molecule has 0 unspecified atom stereocenters. The second-order valence-electron chi connectivity index (χ2n) is 5.31. The Balaban J connectivity index is 1.87. The largest absolute Gasteiger partial charge is 0.337 e. The molecule has 1 aromatic carbocycles. The van der Waals surface area contributed by atoms with Crippen molar-refractivity contribution in [2.24, 2.45) is 0 Å². The molecule has 3 rings (SSSR count). The van der Waals surface area contributed by atoms with Crippen LogP contribution in [0.1, 0.15) is 21.6 Å². The monoisotopic (exact) mass is 332 g/mol. The first-order chi connectivity index (χ1) is 11.0. The number of amides is 1. The van der Waals surface area contributed by atoms with Crippen LogP contribution in [0.2, 0.25) is 5.02 Å². The molecule has 0 aliphatic rings. The number of carbonyl (C=O) groups is 1. The lowest BCUT2D eigenvalue weighted by atomic mass is 10.1. The minimum atomic E-state index is -0.434. The fourth-order valence-electron chi connectivity index (χ4n) is 2.35. The molecule has 0 bridgehead atoms. The van der Waals surface area contributed by atoms with Crippen LogP contribution in [0.15, 0.2) is 30.5 Å². The highest BCUT2D eigenvalue weighted by molar-refractivity contribution is 6.31. The van der Waals surface area contributed by atoms with Gasteiger partial charge in [0.2, 0.25) is 0 Å². The van der Waals surface area contributed by atoms with Gasteiger partial charge in [0.15, 0.2) is 5.65 Å². The third-order valence-corrected chi connectivity index (χ3v) is 4.00. The number of nitrogens with one attached hydrogen (secondary N) is 1. The maximum atomic E-state index is 13.8. The predicted molar refractivity (Wildman–Crippen MR) is 85.8 cm³/mol. The Kier molecular flexibility index (Phi) is 4.00. The quantitative estimate of drug-likeness (QED) is 0.800. The zero-order valence-corrected chi connectivity index (χ0v) is 13.4. The van der Waals surface area contributed by atoms with Gasteiger partial charge in [0, 0.05) is 41.5 Å². The molecule has 1 N–H and O–H groups in total. The normalized spacial score (nSPS) is 11.0. The number of aryl methyl sites for hydroxylation is 1. The van der Waals surface area contributed by atoms with E-state index in [1.165, 1.54) is 23.2 Å². The lowest BCUT2D eigenvalue weighted by molar-refractivity contribution is 0.0783. The molecule has 2 heterocycles.